The van der Waals surface area contributed by atoms with E-state index in [-0.39, 0.29) is 12.6 Å². The van der Waals surface area contributed by atoms with E-state index in [1.807, 2.05) is 0 Å². The number of carbonyl (C=O) groups is 2. The topological polar surface area (TPSA) is 145 Å². The molecule has 3 atom stereocenters. The second kappa shape index (κ2) is 5.98. The summed E-state index contributed by atoms with van der Waals surface area (Å²) in [7, 11) is -3.65. The van der Waals surface area contributed by atoms with E-state index >= 15 is 0 Å². The van der Waals surface area contributed by atoms with Crippen LogP contribution in [0.1, 0.15) is 13.3 Å². The van der Waals surface area contributed by atoms with Crippen molar-refractivity contribution in [2.45, 2.75) is 19.4 Å². The summed E-state index contributed by atoms with van der Waals surface area (Å²) in [6.45, 7) is 1.26. The first-order chi connectivity index (χ1) is 7.15. The first-order valence-corrected chi connectivity index (χ1v) is 6.74. The Hall–Kier alpha value is -0.910. The molecule has 0 saturated carbocycles. The number of quaternary nitrogens is 1. The van der Waals surface area contributed by atoms with Crippen LogP contribution >= 0.6 is 7.37 Å². The minimum atomic E-state index is -3.65. The third-order valence-corrected chi connectivity index (χ3v) is 4.20. The summed E-state index contributed by atoms with van der Waals surface area (Å²) in [5.74, 6) is -3.84. The molecule has 0 radical (unpaired) electrons. The average molecular weight is 252 g/mol. The van der Waals surface area contributed by atoms with Gasteiger partial charge in [0.2, 0.25) is 7.37 Å². The quantitative estimate of drug-likeness (QED) is 0.447. The van der Waals surface area contributed by atoms with Gasteiger partial charge in [0.15, 0.2) is 0 Å². The lowest BCUT2D eigenvalue weighted by molar-refractivity contribution is -0.437. The third-order valence-electron chi connectivity index (χ3n) is 2.12. The monoisotopic (exact) mass is 252 g/mol. The smallest absolute Gasteiger partial charge is 0.201 e. The molecule has 16 heavy (non-hydrogen) atoms. The van der Waals surface area contributed by atoms with Gasteiger partial charge in [-0.3, -0.25) is 4.57 Å². The third kappa shape index (κ3) is 5.85. The largest absolute Gasteiger partial charge is 0.550 e. The van der Waals surface area contributed by atoms with Gasteiger partial charge in [0.05, 0.1) is 5.97 Å². The molecule has 0 aliphatic carbocycles. The number of hydrogen-bond acceptors (Lipinski definition) is 5. The van der Waals surface area contributed by atoms with E-state index in [0.29, 0.717) is 0 Å². The lowest BCUT2D eigenvalue weighted by Crippen LogP contribution is -2.68. The molecule has 1 unspecified atom stereocenters. The molecule has 0 rings (SSSR count). The highest BCUT2D eigenvalue weighted by atomic mass is 31.2. The predicted molar refractivity (Wildman–Crippen MR) is 50.0 cm³/mol. The Morgan fingerprint density at radius 3 is 2.25 bits per heavy atom. The van der Waals surface area contributed by atoms with Crippen LogP contribution in [0.2, 0.25) is 0 Å². The molecule has 0 aromatic carbocycles. The summed E-state index contributed by atoms with van der Waals surface area (Å²) in [4.78, 5) is 30.0. The van der Waals surface area contributed by atoms with Crippen LogP contribution in [0.15, 0.2) is 0 Å². The van der Waals surface area contributed by atoms with Crippen molar-refractivity contribution < 1.29 is 35.0 Å². The molecule has 0 fully saturated rings. The Labute approximate surface area is 92.7 Å². The van der Waals surface area contributed by atoms with Crippen LogP contribution in [0, 0.1) is 5.92 Å². The summed E-state index contributed by atoms with van der Waals surface area (Å²) in [6.07, 6.45) is -0.822. The van der Waals surface area contributed by atoms with Crippen molar-refractivity contribution in [1.29, 1.82) is 0 Å². The molecule has 0 heterocycles. The predicted octanol–water partition coefficient (Wildman–Crippen LogP) is -3.61. The molecule has 7 nitrogen and oxygen atoms in total. The van der Waals surface area contributed by atoms with E-state index in [1.165, 1.54) is 6.92 Å². The molecule has 8 heteroatoms. The maximum Gasteiger partial charge on any atom is 0.201 e. The Kier molecular flexibility index (Phi) is 5.64. The first-order valence-electron chi connectivity index (χ1n) is 4.71. The van der Waals surface area contributed by atoms with Crippen LogP contribution in [-0.2, 0) is 14.2 Å². The Morgan fingerprint density at radius 2 is 1.88 bits per heavy atom. The van der Waals surface area contributed by atoms with E-state index in [1.54, 1.807) is 0 Å². The minimum Gasteiger partial charge on any atom is -0.550 e. The van der Waals surface area contributed by atoms with E-state index in [2.05, 4.69) is 5.73 Å². The van der Waals surface area contributed by atoms with Crippen LogP contribution in [0.4, 0.5) is 0 Å². The van der Waals surface area contributed by atoms with Crippen molar-refractivity contribution in [2.24, 2.45) is 5.92 Å². The van der Waals surface area contributed by atoms with Gasteiger partial charge in [0, 0.05) is 30.6 Å². The van der Waals surface area contributed by atoms with Gasteiger partial charge in [-0.2, -0.15) is 0 Å². The molecule has 0 aliphatic heterocycles. The molecule has 0 aromatic heterocycles. The van der Waals surface area contributed by atoms with Crippen molar-refractivity contribution in [2.75, 3.05) is 12.3 Å². The summed E-state index contributed by atoms with van der Waals surface area (Å²) < 4.78 is 11.5. The van der Waals surface area contributed by atoms with Gasteiger partial charge in [0.1, 0.15) is 6.04 Å². The summed E-state index contributed by atoms with van der Waals surface area (Å²) >= 11 is 0. The first kappa shape index (κ1) is 15.1. The highest BCUT2D eigenvalue weighted by Crippen LogP contribution is 2.43. The minimum absolute atomic E-state index is 0.115. The van der Waals surface area contributed by atoms with Gasteiger partial charge in [-0.05, 0) is 0 Å². The van der Waals surface area contributed by atoms with E-state index in [9.17, 15) is 29.3 Å². The van der Waals surface area contributed by atoms with Crippen molar-refractivity contribution in [3.63, 3.8) is 0 Å². The van der Waals surface area contributed by atoms with Gasteiger partial charge in [-0.1, -0.05) is 6.92 Å². The van der Waals surface area contributed by atoms with Gasteiger partial charge < -0.3 is 30.4 Å². The molecule has 0 saturated heterocycles. The fraction of sp³-hybridized carbons (Fsp3) is 0.750. The fourth-order valence-electron chi connectivity index (χ4n) is 1.07. The normalized spacial score (nSPS) is 18.4. The van der Waals surface area contributed by atoms with E-state index in [0.717, 1.165) is 0 Å². The zero-order valence-electron chi connectivity index (χ0n) is 8.92. The molecule has 0 aromatic rings. The number of hydrogen-bond donors (Lipinski definition) is 2. The van der Waals surface area contributed by atoms with Crippen molar-refractivity contribution >= 4 is 19.3 Å². The van der Waals surface area contributed by atoms with Crippen LogP contribution < -0.4 is 15.9 Å². The number of carboxylic acids is 2. The van der Waals surface area contributed by atoms with Crippen molar-refractivity contribution in [3.05, 3.63) is 0 Å². The highest BCUT2D eigenvalue weighted by molar-refractivity contribution is 7.58. The van der Waals surface area contributed by atoms with Gasteiger partial charge in [-0.15, -0.1) is 0 Å². The summed E-state index contributed by atoms with van der Waals surface area (Å²) in [6, 6.07) is -1.07. The number of aliphatic carboxylic acids is 2. The number of carbonyl (C=O) groups excluding carboxylic acids is 2. The maximum atomic E-state index is 11.5. The van der Waals surface area contributed by atoms with Crippen LogP contribution in [0.3, 0.4) is 0 Å². The van der Waals surface area contributed by atoms with Gasteiger partial charge in [0.25, 0.3) is 0 Å². The second-order valence-electron chi connectivity index (χ2n) is 3.78. The highest BCUT2D eigenvalue weighted by Gasteiger charge is 2.24. The van der Waals surface area contributed by atoms with Gasteiger partial charge >= 0.3 is 0 Å². The summed E-state index contributed by atoms with van der Waals surface area (Å²) in [5, 5.41) is 20.7. The zero-order valence-corrected chi connectivity index (χ0v) is 9.81. The van der Waals surface area contributed by atoms with Crippen LogP contribution in [0.25, 0.3) is 0 Å². The molecule has 0 spiro atoms. The van der Waals surface area contributed by atoms with Crippen molar-refractivity contribution in [3.8, 4) is 0 Å². The lowest BCUT2D eigenvalue weighted by Gasteiger charge is -2.18. The lowest BCUT2D eigenvalue weighted by atomic mass is 10.2. The Bertz CT molecular complexity index is 318. The van der Waals surface area contributed by atoms with Gasteiger partial charge in [-0.25, -0.2) is 0 Å². The van der Waals surface area contributed by atoms with E-state index in [4.69, 9.17) is 0 Å². The second-order valence-corrected chi connectivity index (χ2v) is 6.28. The standard InChI is InChI=1S/C8H16NO6P/c1-5(7(10)11)4-16(14,15)3-2-6(9)8(12)13/h5-6H,2-4,9H2,1H3,(H,10,11)(H,12,13)(H,14,15)/p-1/t5-,6+/m1/s1. The molecule has 4 N–H and O–H groups in total. The molecule has 0 bridgehead atoms. The average Bonchev–Trinajstić information content (AvgIpc) is 2.13. The number of carboxylic acid groups (broad SMARTS) is 2. The summed E-state index contributed by atoms with van der Waals surface area (Å²) in [5.41, 5.74) is 3.23. The molecule has 0 amide bonds. The molecular weight excluding hydrogens is 237 g/mol. The fourth-order valence-corrected chi connectivity index (χ4v) is 2.97. The van der Waals surface area contributed by atoms with E-state index < -0.39 is 37.4 Å². The molecule has 94 valence electrons. The van der Waals surface area contributed by atoms with Crippen LogP contribution in [-0.4, -0.2) is 35.2 Å². The molecular formula is C8H15NO6P-. The SMILES string of the molecule is C[C@H](CP(=O)(O)CC[C@H]([NH3+])C(=O)[O-])C(=O)[O-]. The number of rotatable bonds is 7. The zero-order chi connectivity index (χ0) is 12.9. The Balaban J connectivity index is 4.20. The molecule has 0 aliphatic rings. The Morgan fingerprint density at radius 1 is 1.38 bits per heavy atom. The maximum absolute atomic E-state index is 11.5. The van der Waals surface area contributed by atoms with Crippen LogP contribution in [0.5, 0.6) is 0 Å². The van der Waals surface area contributed by atoms with Crippen molar-refractivity contribution in [1.82, 2.24) is 0 Å².